The van der Waals surface area contributed by atoms with Crippen molar-refractivity contribution in [2.45, 2.75) is 26.8 Å². The number of anilines is 1. The zero-order valence-electron chi connectivity index (χ0n) is 18.3. The van der Waals surface area contributed by atoms with Gasteiger partial charge in [-0.15, -0.1) is 11.3 Å². The Morgan fingerprint density at radius 3 is 2.66 bits per heavy atom. The number of rotatable bonds is 10. The Bertz CT molecular complexity index is 1010. The molecule has 0 radical (unpaired) electrons. The third-order valence-electron chi connectivity index (χ3n) is 4.36. The fraction of sp³-hybridized carbons (Fsp3) is 0.381. The van der Waals surface area contributed by atoms with E-state index < -0.39 is 12.0 Å². The van der Waals surface area contributed by atoms with Crippen molar-refractivity contribution in [3.63, 3.8) is 0 Å². The molecule has 0 fully saturated rings. The summed E-state index contributed by atoms with van der Waals surface area (Å²) in [6.45, 7) is 5.76. The molecule has 1 atom stereocenters. The summed E-state index contributed by atoms with van der Waals surface area (Å²) in [7, 11) is 1.49. The van der Waals surface area contributed by atoms with Crippen LogP contribution in [-0.2, 0) is 9.53 Å². The van der Waals surface area contributed by atoms with E-state index in [0.717, 1.165) is 11.3 Å². The molecule has 2 aromatic rings. The van der Waals surface area contributed by atoms with Crippen LogP contribution in [0.2, 0.25) is 0 Å². The van der Waals surface area contributed by atoms with E-state index >= 15 is 0 Å². The van der Waals surface area contributed by atoms with Gasteiger partial charge in [0, 0.05) is 25.9 Å². The van der Waals surface area contributed by atoms with Crippen LogP contribution in [-0.4, -0.2) is 55.6 Å². The van der Waals surface area contributed by atoms with Crippen molar-refractivity contribution in [1.82, 2.24) is 15.6 Å². The smallest absolute Gasteiger partial charge is 0.341 e. The molecule has 1 unspecified atom stereocenters. The van der Waals surface area contributed by atoms with Crippen LogP contribution >= 0.6 is 11.3 Å². The number of thiophene rings is 1. The maximum atomic E-state index is 12.6. The average molecular weight is 460 g/mol. The molecule has 0 aliphatic carbocycles. The summed E-state index contributed by atoms with van der Waals surface area (Å²) in [6.07, 6.45) is 1.41. The fourth-order valence-electron chi connectivity index (χ4n) is 2.66. The van der Waals surface area contributed by atoms with Gasteiger partial charge in [0.05, 0.1) is 28.7 Å². The molecule has 170 valence electrons. The normalized spacial score (nSPS) is 11.2. The average Bonchev–Trinajstić information content (AvgIpc) is 3.12. The molecule has 0 saturated carbocycles. The number of aromatic nitrogens is 1. The first kappa shape index (κ1) is 24.8. The lowest BCUT2D eigenvalue weighted by atomic mass is 10.1. The van der Waals surface area contributed by atoms with Gasteiger partial charge in [-0.3, -0.25) is 9.59 Å². The molecule has 0 aliphatic heterocycles. The lowest BCUT2D eigenvalue weighted by Crippen LogP contribution is -2.40. The lowest BCUT2D eigenvalue weighted by Gasteiger charge is -2.14. The molecule has 2 amide bonds. The van der Waals surface area contributed by atoms with Crippen molar-refractivity contribution in [1.29, 1.82) is 5.26 Å². The molecule has 0 spiro atoms. The summed E-state index contributed by atoms with van der Waals surface area (Å²) in [4.78, 5) is 41.5. The fourth-order valence-corrected chi connectivity index (χ4v) is 3.80. The minimum atomic E-state index is -0.603. The molecule has 3 N–H and O–H groups in total. The van der Waals surface area contributed by atoms with Crippen LogP contribution in [0.1, 0.15) is 45.0 Å². The Morgan fingerprint density at radius 1 is 1.31 bits per heavy atom. The maximum absolute atomic E-state index is 12.6. The number of nitrogens with one attached hydrogen (secondary N) is 3. The molecule has 0 aromatic carbocycles. The number of carbonyl (C=O) groups excluding carboxylic acids is 3. The van der Waals surface area contributed by atoms with Gasteiger partial charge in [-0.25, -0.2) is 9.78 Å². The number of esters is 1. The van der Waals surface area contributed by atoms with E-state index in [1.165, 1.54) is 13.2 Å². The largest absolute Gasteiger partial charge is 0.476 e. The van der Waals surface area contributed by atoms with E-state index in [1.54, 1.807) is 32.9 Å². The quantitative estimate of drug-likeness (QED) is 0.361. The van der Waals surface area contributed by atoms with Gasteiger partial charge in [0.15, 0.2) is 0 Å². The number of pyridine rings is 1. The van der Waals surface area contributed by atoms with Crippen molar-refractivity contribution in [2.75, 3.05) is 32.1 Å². The van der Waals surface area contributed by atoms with Crippen LogP contribution in [0, 0.1) is 18.3 Å². The van der Waals surface area contributed by atoms with Crippen LogP contribution in [0.4, 0.5) is 5.00 Å². The van der Waals surface area contributed by atoms with E-state index in [2.05, 4.69) is 20.9 Å². The van der Waals surface area contributed by atoms with Crippen LogP contribution in [0.5, 0.6) is 5.88 Å². The first-order chi connectivity index (χ1) is 15.3. The van der Waals surface area contributed by atoms with E-state index in [9.17, 15) is 14.4 Å². The van der Waals surface area contributed by atoms with Gasteiger partial charge in [0.25, 0.3) is 5.91 Å². The predicted molar refractivity (Wildman–Crippen MR) is 119 cm³/mol. The van der Waals surface area contributed by atoms with E-state index in [1.807, 2.05) is 6.07 Å². The van der Waals surface area contributed by atoms with Crippen LogP contribution < -0.4 is 20.7 Å². The molecule has 0 bridgehead atoms. The predicted octanol–water partition coefficient (Wildman–Crippen LogP) is 1.86. The topological polar surface area (TPSA) is 142 Å². The van der Waals surface area contributed by atoms with E-state index in [4.69, 9.17) is 14.7 Å². The number of ether oxygens (including phenoxy) is 2. The molecule has 32 heavy (non-hydrogen) atoms. The van der Waals surface area contributed by atoms with Crippen molar-refractivity contribution in [2.24, 2.45) is 0 Å². The van der Waals surface area contributed by atoms with Gasteiger partial charge < -0.3 is 25.4 Å². The third-order valence-corrected chi connectivity index (χ3v) is 5.56. The van der Waals surface area contributed by atoms with Gasteiger partial charge in [0.1, 0.15) is 17.7 Å². The van der Waals surface area contributed by atoms with Crippen LogP contribution in [0.3, 0.4) is 0 Å². The monoisotopic (exact) mass is 459 g/mol. The third kappa shape index (κ3) is 6.26. The van der Waals surface area contributed by atoms with Crippen molar-refractivity contribution >= 4 is 34.1 Å². The molecule has 2 rings (SSSR count). The minimum absolute atomic E-state index is 0.170. The Hall–Kier alpha value is -3.49. The Balaban J connectivity index is 1.98. The summed E-state index contributed by atoms with van der Waals surface area (Å²) < 4.78 is 10.6. The second-order valence-corrected chi connectivity index (χ2v) is 7.59. The van der Waals surface area contributed by atoms with E-state index in [-0.39, 0.29) is 35.6 Å². The number of nitriles is 1. The zero-order chi connectivity index (χ0) is 23.7. The summed E-state index contributed by atoms with van der Waals surface area (Å²) in [6, 6.07) is 4.56. The summed E-state index contributed by atoms with van der Waals surface area (Å²) >= 11 is 1.02. The Morgan fingerprint density at radius 2 is 2.06 bits per heavy atom. The molecular weight excluding hydrogens is 434 g/mol. The second-order valence-electron chi connectivity index (χ2n) is 6.57. The van der Waals surface area contributed by atoms with E-state index in [0.29, 0.717) is 28.4 Å². The number of hydrogen-bond acceptors (Lipinski definition) is 9. The number of nitrogens with zero attached hydrogens (tertiary/aromatic N) is 2. The van der Waals surface area contributed by atoms with Gasteiger partial charge in [-0.05, 0) is 32.4 Å². The Kier molecular flexibility index (Phi) is 9.12. The minimum Gasteiger partial charge on any atom is -0.476 e. The number of hydrogen-bond donors (Lipinski definition) is 3. The van der Waals surface area contributed by atoms with Gasteiger partial charge in [-0.2, -0.15) is 5.26 Å². The van der Waals surface area contributed by atoms with Crippen LogP contribution in [0.15, 0.2) is 18.3 Å². The molecule has 11 heteroatoms. The number of carbonyl (C=O) groups is 3. The summed E-state index contributed by atoms with van der Waals surface area (Å²) in [5, 5.41) is 17.3. The SMILES string of the molecule is CCOC(=O)c1c(NC(=O)C(C)NCCOc2ccc(C#N)cn2)sc(C(=O)NC)c1C. The second kappa shape index (κ2) is 11.8. The summed E-state index contributed by atoms with van der Waals surface area (Å²) in [5.74, 6) is -0.955. The van der Waals surface area contributed by atoms with Gasteiger partial charge in [0.2, 0.25) is 11.8 Å². The van der Waals surface area contributed by atoms with Crippen molar-refractivity contribution in [3.8, 4) is 11.9 Å². The molecule has 0 saturated heterocycles. The van der Waals surface area contributed by atoms with Gasteiger partial charge >= 0.3 is 5.97 Å². The van der Waals surface area contributed by atoms with Crippen molar-refractivity contribution in [3.05, 3.63) is 39.9 Å². The maximum Gasteiger partial charge on any atom is 0.341 e. The highest BCUT2D eigenvalue weighted by molar-refractivity contribution is 7.18. The lowest BCUT2D eigenvalue weighted by molar-refractivity contribution is -0.117. The van der Waals surface area contributed by atoms with Crippen molar-refractivity contribution < 1.29 is 23.9 Å². The standard InChI is InChI=1S/C21H25N5O5S/c1-5-30-21(29)16-12(2)17(19(28)23-4)32-20(16)26-18(27)13(3)24-8-9-31-15-7-6-14(10-22)11-25-15/h6-7,11,13,24H,5,8-9H2,1-4H3,(H,23,28)(H,26,27). The van der Waals surface area contributed by atoms with Gasteiger partial charge in [-0.1, -0.05) is 0 Å². The molecule has 0 aliphatic rings. The highest BCUT2D eigenvalue weighted by Gasteiger charge is 2.27. The summed E-state index contributed by atoms with van der Waals surface area (Å²) in [5.41, 5.74) is 1.06. The molecule has 10 nitrogen and oxygen atoms in total. The first-order valence-corrected chi connectivity index (χ1v) is 10.7. The zero-order valence-corrected chi connectivity index (χ0v) is 19.1. The number of amides is 2. The highest BCUT2D eigenvalue weighted by Crippen LogP contribution is 2.33. The molecule has 2 aromatic heterocycles. The van der Waals surface area contributed by atoms with Crippen LogP contribution in [0.25, 0.3) is 0 Å². The Labute approximate surface area is 189 Å². The molecule has 2 heterocycles. The first-order valence-electron chi connectivity index (χ1n) is 9.88. The highest BCUT2D eigenvalue weighted by atomic mass is 32.1. The molecular formula is C21H25N5O5S.